The number of amides is 2. The van der Waals surface area contributed by atoms with Gasteiger partial charge in [0.2, 0.25) is 11.7 Å². The van der Waals surface area contributed by atoms with Crippen LogP contribution in [-0.2, 0) is 9.59 Å². The van der Waals surface area contributed by atoms with Crippen LogP contribution in [0.1, 0.15) is 18.4 Å². The summed E-state index contributed by atoms with van der Waals surface area (Å²) in [7, 11) is 4.56. The standard InChI is InChI=1S/C16H20N2O5/c1-21-12-8-10(9-13(22-2)15(12)23-3)4-7-14(19)17-18-16(20)11-5-6-11/h4,7-9,11H,5-6H2,1-3H3,(H,17,19)(H,18,20)/b7-4+. The highest BCUT2D eigenvalue weighted by atomic mass is 16.5. The second-order valence-corrected chi connectivity index (χ2v) is 5.04. The minimum absolute atomic E-state index is 0.0365. The van der Waals surface area contributed by atoms with Gasteiger partial charge in [-0.05, 0) is 36.6 Å². The van der Waals surface area contributed by atoms with E-state index in [1.807, 2.05) is 0 Å². The zero-order valence-corrected chi connectivity index (χ0v) is 13.3. The van der Waals surface area contributed by atoms with Gasteiger partial charge in [-0.3, -0.25) is 20.4 Å². The van der Waals surface area contributed by atoms with Crippen molar-refractivity contribution in [2.45, 2.75) is 12.8 Å². The molecular weight excluding hydrogens is 300 g/mol. The van der Waals surface area contributed by atoms with Crippen molar-refractivity contribution >= 4 is 17.9 Å². The van der Waals surface area contributed by atoms with Crippen molar-refractivity contribution < 1.29 is 23.8 Å². The van der Waals surface area contributed by atoms with Crippen LogP contribution in [0.2, 0.25) is 0 Å². The van der Waals surface area contributed by atoms with E-state index in [0.29, 0.717) is 22.8 Å². The Bertz CT molecular complexity index is 598. The predicted octanol–water partition coefficient (Wildman–Crippen LogP) is 1.28. The van der Waals surface area contributed by atoms with Crippen molar-refractivity contribution in [2.24, 2.45) is 5.92 Å². The van der Waals surface area contributed by atoms with Crippen molar-refractivity contribution in [2.75, 3.05) is 21.3 Å². The van der Waals surface area contributed by atoms with Gasteiger partial charge in [-0.1, -0.05) is 0 Å². The van der Waals surface area contributed by atoms with E-state index >= 15 is 0 Å². The second-order valence-electron chi connectivity index (χ2n) is 5.04. The molecule has 1 fully saturated rings. The number of hydrazine groups is 1. The largest absolute Gasteiger partial charge is 0.493 e. The maximum Gasteiger partial charge on any atom is 0.262 e. The van der Waals surface area contributed by atoms with E-state index < -0.39 is 5.91 Å². The molecule has 1 aliphatic rings. The van der Waals surface area contributed by atoms with Crippen LogP contribution in [0.25, 0.3) is 6.08 Å². The number of hydrogen-bond donors (Lipinski definition) is 2. The summed E-state index contributed by atoms with van der Waals surface area (Å²) in [5.41, 5.74) is 5.42. The van der Waals surface area contributed by atoms with E-state index in [1.165, 1.54) is 27.4 Å². The van der Waals surface area contributed by atoms with E-state index in [-0.39, 0.29) is 11.8 Å². The van der Waals surface area contributed by atoms with Gasteiger partial charge in [0.1, 0.15) is 0 Å². The number of ether oxygens (including phenoxy) is 3. The van der Waals surface area contributed by atoms with Gasteiger partial charge in [0.15, 0.2) is 11.5 Å². The molecule has 23 heavy (non-hydrogen) atoms. The second kappa shape index (κ2) is 7.53. The van der Waals surface area contributed by atoms with Crippen LogP contribution in [-0.4, -0.2) is 33.1 Å². The van der Waals surface area contributed by atoms with Crippen LogP contribution in [0.4, 0.5) is 0 Å². The molecule has 0 bridgehead atoms. The van der Waals surface area contributed by atoms with Crippen LogP contribution in [0.3, 0.4) is 0 Å². The summed E-state index contributed by atoms with van der Waals surface area (Å²) in [6.45, 7) is 0. The molecule has 0 heterocycles. The number of rotatable bonds is 6. The summed E-state index contributed by atoms with van der Waals surface area (Å²) < 4.78 is 15.7. The number of hydrogen-bond acceptors (Lipinski definition) is 5. The Morgan fingerprint density at radius 1 is 1.04 bits per heavy atom. The lowest BCUT2D eigenvalue weighted by atomic mass is 10.1. The Labute approximate surface area is 134 Å². The summed E-state index contributed by atoms with van der Waals surface area (Å²) in [4.78, 5) is 23.1. The smallest absolute Gasteiger partial charge is 0.262 e. The summed E-state index contributed by atoms with van der Waals surface area (Å²) in [5.74, 6) is 0.929. The average molecular weight is 320 g/mol. The van der Waals surface area contributed by atoms with Crippen LogP contribution in [0.5, 0.6) is 17.2 Å². The first-order valence-electron chi connectivity index (χ1n) is 7.17. The molecule has 1 aliphatic carbocycles. The summed E-state index contributed by atoms with van der Waals surface area (Å²) in [6.07, 6.45) is 4.66. The first-order chi connectivity index (χ1) is 11.1. The van der Waals surface area contributed by atoms with Crippen molar-refractivity contribution in [1.82, 2.24) is 10.9 Å². The number of carbonyl (C=O) groups excluding carboxylic acids is 2. The molecule has 7 heteroatoms. The first kappa shape index (κ1) is 16.7. The van der Waals surface area contributed by atoms with Gasteiger partial charge >= 0.3 is 0 Å². The Hall–Kier alpha value is -2.70. The number of carbonyl (C=O) groups is 2. The van der Waals surface area contributed by atoms with Crippen molar-refractivity contribution in [3.05, 3.63) is 23.8 Å². The highest BCUT2D eigenvalue weighted by Crippen LogP contribution is 2.38. The lowest BCUT2D eigenvalue weighted by Crippen LogP contribution is -2.41. The van der Waals surface area contributed by atoms with Crippen molar-refractivity contribution in [3.63, 3.8) is 0 Å². The van der Waals surface area contributed by atoms with E-state index in [1.54, 1.807) is 18.2 Å². The monoisotopic (exact) mass is 320 g/mol. The molecule has 2 amide bonds. The Morgan fingerprint density at radius 3 is 2.13 bits per heavy atom. The fourth-order valence-corrected chi connectivity index (χ4v) is 1.98. The van der Waals surface area contributed by atoms with E-state index in [9.17, 15) is 9.59 Å². The molecule has 0 radical (unpaired) electrons. The first-order valence-corrected chi connectivity index (χ1v) is 7.17. The van der Waals surface area contributed by atoms with Crippen molar-refractivity contribution in [1.29, 1.82) is 0 Å². The molecule has 1 aromatic carbocycles. The minimum Gasteiger partial charge on any atom is -0.493 e. The van der Waals surface area contributed by atoms with Gasteiger partial charge in [-0.25, -0.2) is 0 Å². The topological polar surface area (TPSA) is 85.9 Å². The molecule has 0 atom stereocenters. The van der Waals surface area contributed by atoms with Crippen molar-refractivity contribution in [3.8, 4) is 17.2 Å². The number of benzene rings is 1. The Kier molecular flexibility index (Phi) is 5.46. The third-order valence-corrected chi connectivity index (χ3v) is 3.37. The SMILES string of the molecule is COc1cc(/C=C/C(=O)NNC(=O)C2CC2)cc(OC)c1OC. The van der Waals surface area contributed by atoms with Crippen LogP contribution in [0, 0.1) is 5.92 Å². The maximum atomic E-state index is 11.7. The van der Waals surface area contributed by atoms with Crippen LogP contribution >= 0.6 is 0 Å². The third-order valence-electron chi connectivity index (χ3n) is 3.37. The molecule has 1 aromatic rings. The highest BCUT2D eigenvalue weighted by Gasteiger charge is 2.29. The summed E-state index contributed by atoms with van der Waals surface area (Å²) >= 11 is 0. The third kappa shape index (κ3) is 4.38. The number of nitrogens with one attached hydrogen (secondary N) is 2. The lowest BCUT2D eigenvalue weighted by Gasteiger charge is -2.12. The number of methoxy groups -OCH3 is 3. The molecule has 1 saturated carbocycles. The normalized spacial score (nSPS) is 13.5. The quantitative estimate of drug-likeness (QED) is 0.609. The molecule has 7 nitrogen and oxygen atoms in total. The zero-order valence-electron chi connectivity index (χ0n) is 13.3. The Morgan fingerprint density at radius 2 is 1.65 bits per heavy atom. The van der Waals surface area contributed by atoms with E-state index in [2.05, 4.69) is 10.9 Å². The van der Waals surface area contributed by atoms with Crippen LogP contribution in [0.15, 0.2) is 18.2 Å². The molecule has 2 rings (SSSR count). The Balaban J connectivity index is 2.02. The minimum atomic E-state index is -0.423. The van der Waals surface area contributed by atoms with Gasteiger partial charge in [0, 0.05) is 12.0 Å². The maximum absolute atomic E-state index is 11.7. The summed E-state index contributed by atoms with van der Waals surface area (Å²) in [5, 5.41) is 0. The van der Waals surface area contributed by atoms with Gasteiger partial charge in [-0.15, -0.1) is 0 Å². The highest BCUT2D eigenvalue weighted by molar-refractivity contribution is 5.93. The molecular formula is C16H20N2O5. The average Bonchev–Trinajstić information content (AvgIpc) is 3.41. The van der Waals surface area contributed by atoms with Gasteiger partial charge in [0.05, 0.1) is 21.3 Å². The van der Waals surface area contributed by atoms with Gasteiger partial charge in [-0.2, -0.15) is 0 Å². The molecule has 0 aliphatic heterocycles. The lowest BCUT2D eigenvalue weighted by molar-refractivity contribution is -0.127. The molecule has 0 saturated heterocycles. The molecule has 0 spiro atoms. The van der Waals surface area contributed by atoms with Crippen LogP contribution < -0.4 is 25.1 Å². The van der Waals surface area contributed by atoms with Gasteiger partial charge in [0.25, 0.3) is 5.91 Å². The van der Waals surface area contributed by atoms with E-state index in [0.717, 1.165) is 12.8 Å². The predicted molar refractivity (Wildman–Crippen MR) is 84.1 cm³/mol. The van der Waals surface area contributed by atoms with Gasteiger partial charge < -0.3 is 14.2 Å². The molecule has 2 N–H and O–H groups in total. The summed E-state index contributed by atoms with van der Waals surface area (Å²) in [6, 6.07) is 3.43. The fourth-order valence-electron chi connectivity index (χ4n) is 1.98. The molecule has 124 valence electrons. The fraction of sp³-hybridized carbons (Fsp3) is 0.375. The molecule has 0 unspecified atom stereocenters. The zero-order chi connectivity index (χ0) is 16.8. The molecule has 0 aromatic heterocycles. The van der Waals surface area contributed by atoms with E-state index in [4.69, 9.17) is 14.2 Å².